The molecule has 5 nitrogen and oxygen atoms in total. The summed E-state index contributed by atoms with van der Waals surface area (Å²) in [5.41, 5.74) is 5.37. The summed E-state index contributed by atoms with van der Waals surface area (Å²) in [6.07, 6.45) is 1.51. The van der Waals surface area contributed by atoms with E-state index in [4.69, 9.17) is 14.1 Å². The molecule has 128 valence electrons. The van der Waals surface area contributed by atoms with Gasteiger partial charge in [0.05, 0.1) is 0 Å². The maximum Gasteiger partial charge on any atom is 0.139 e. The fourth-order valence-electron chi connectivity index (χ4n) is 2.56. The van der Waals surface area contributed by atoms with Gasteiger partial charge in [-0.15, -0.1) is 0 Å². The Kier molecular flexibility index (Phi) is 5.14. The lowest BCUT2D eigenvalue weighted by molar-refractivity contribution is 0.213. The molecule has 0 radical (unpaired) electrons. The van der Waals surface area contributed by atoms with Crippen molar-refractivity contribution in [1.29, 1.82) is 0 Å². The van der Waals surface area contributed by atoms with Crippen LogP contribution in [-0.2, 0) is 11.4 Å². The molecule has 0 saturated heterocycles. The fourth-order valence-corrected chi connectivity index (χ4v) is 2.56. The van der Waals surface area contributed by atoms with Gasteiger partial charge in [-0.2, -0.15) is 0 Å². The minimum atomic E-state index is 0.418. The van der Waals surface area contributed by atoms with Gasteiger partial charge in [-0.1, -0.05) is 46.7 Å². The summed E-state index contributed by atoms with van der Waals surface area (Å²) in [5.74, 6) is 0.876. The van der Waals surface area contributed by atoms with Crippen molar-refractivity contribution >= 4 is 5.71 Å². The van der Waals surface area contributed by atoms with Gasteiger partial charge in [0.25, 0.3) is 0 Å². The van der Waals surface area contributed by atoms with E-state index in [0.29, 0.717) is 18.0 Å². The number of benzene rings is 2. The van der Waals surface area contributed by atoms with Gasteiger partial charge in [0.15, 0.2) is 0 Å². The van der Waals surface area contributed by atoms with Gasteiger partial charge in [0, 0.05) is 11.6 Å². The highest BCUT2D eigenvalue weighted by atomic mass is 16.6. The first-order valence-corrected chi connectivity index (χ1v) is 7.99. The van der Waals surface area contributed by atoms with E-state index in [1.54, 1.807) is 6.07 Å². The molecule has 0 aliphatic rings. The van der Waals surface area contributed by atoms with Crippen LogP contribution in [-0.4, -0.2) is 18.0 Å². The Labute approximate surface area is 146 Å². The lowest BCUT2D eigenvalue weighted by Crippen LogP contribution is -2.10. The fraction of sp³-hybridized carbons (Fsp3) is 0.200. The third kappa shape index (κ3) is 3.88. The highest BCUT2D eigenvalue weighted by molar-refractivity contribution is 6.12. The number of nitrogens with zero attached hydrogens (tertiary/aromatic N) is 2. The van der Waals surface area contributed by atoms with E-state index in [0.717, 1.165) is 28.0 Å². The third-order valence-corrected chi connectivity index (χ3v) is 3.86. The number of aryl methyl sites for hydroxylation is 2. The topological polar surface area (TPSA) is 56.9 Å². The summed E-state index contributed by atoms with van der Waals surface area (Å²) in [7, 11) is 1.51. The Hall–Kier alpha value is -3.08. The summed E-state index contributed by atoms with van der Waals surface area (Å²) < 4.78 is 11.0. The van der Waals surface area contributed by atoms with Crippen LogP contribution < -0.4 is 4.74 Å². The Balaban J connectivity index is 1.90. The molecule has 0 atom stereocenters. The molecule has 0 unspecified atom stereocenters. The van der Waals surface area contributed by atoms with Gasteiger partial charge in [-0.3, -0.25) is 0 Å². The predicted molar refractivity (Wildman–Crippen MR) is 95.8 cm³/mol. The molecule has 0 spiro atoms. The predicted octanol–water partition coefficient (Wildman–Crippen LogP) is 4.27. The Morgan fingerprint density at radius 3 is 2.72 bits per heavy atom. The van der Waals surface area contributed by atoms with Crippen molar-refractivity contribution in [2.24, 2.45) is 5.16 Å². The van der Waals surface area contributed by atoms with E-state index in [-0.39, 0.29) is 0 Å². The molecule has 0 aliphatic heterocycles. The molecule has 5 heteroatoms. The number of oxime groups is 1. The van der Waals surface area contributed by atoms with E-state index < -0.39 is 0 Å². The van der Waals surface area contributed by atoms with Crippen LogP contribution in [0.1, 0.15) is 27.9 Å². The second kappa shape index (κ2) is 7.66. The molecule has 0 amide bonds. The number of rotatable bonds is 6. The van der Waals surface area contributed by atoms with Crippen LogP contribution in [0.3, 0.4) is 0 Å². The molecule has 1 heterocycles. The van der Waals surface area contributed by atoms with Crippen LogP contribution >= 0.6 is 0 Å². The maximum atomic E-state index is 6.05. The van der Waals surface area contributed by atoms with Crippen LogP contribution in [0.4, 0.5) is 0 Å². The van der Waals surface area contributed by atoms with Gasteiger partial charge >= 0.3 is 0 Å². The van der Waals surface area contributed by atoms with Crippen LogP contribution in [0.2, 0.25) is 0 Å². The second-order valence-corrected chi connectivity index (χ2v) is 5.72. The van der Waals surface area contributed by atoms with Gasteiger partial charge in [-0.25, -0.2) is 0 Å². The molecule has 2 aromatic carbocycles. The Morgan fingerprint density at radius 2 is 1.96 bits per heavy atom. The van der Waals surface area contributed by atoms with Gasteiger partial charge < -0.3 is 14.1 Å². The molecule has 0 bridgehead atoms. The molecule has 0 N–H and O–H groups in total. The van der Waals surface area contributed by atoms with Gasteiger partial charge in [0.1, 0.15) is 37.1 Å². The van der Waals surface area contributed by atoms with E-state index in [2.05, 4.69) is 22.4 Å². The lowest BCUT2D eigenvalue weighted by Gasteiger charge is -2.13. The smallest absolute Gasteiger partial charge is 0.139 e. The molecule has 3 rings (SSSR count). The summed E-state index contributed by atoms with van der Waals surface area (Å²) in [4.78, 5) is 5.00. The van der Waals surface area contributed by atoms with Crippen LogP contribution in [0, 0.1) is 13.8 Å². The van der Waals surface area contributed by atoms with Crippen molar-refractivity contribution in [2.45, 2.75) is 20.5 Å². The number of hydrogen-bond donors (Lipinski definition) is 0. The van der Waals surface area contributed by atoms with Gasteiger partial charge in [0.2, 0.25) is 0 Å². The lowest BCUT2D eigenvalue weighted by atomic mass is 10.0. The van der Waals surface area contributed by atoms with Crippen molar-refractivity contribution < 1.29 is 14.1 Å². The summed E-state index contributed by atoms with van der Waals surface area (Å²) >= 11 is 0. The monoisotopic (exact) mass is 336 g/mol. The first-order chi connectivity index (χ1) is 12.2. The number of ether oxygens (including phenoxy) is 1. The minimum Gasteiger partial charge on any atom is -0.489 e. The largest absolute Gasteiger partial charge is 0.489 e. The normalized spacial score (nSPS) is 11.4. The van der Waals surface area contributed by atoms with Crippen LogP contribution in [0.25, 0.3) is 0 Å². The molecule has 1 aromatic heterocycles. The van der Waals surface area contributed by atoms with Crippen molar-refractivity contribution in [3.63, 3.8) is 0 Å². The van der Waals surface area contributed by atoms with E-state index >= 15 is 0 Å². The first-order valence-electron chi connectivity index (χ1n) is 7.99. The molecule has 0 aliphatic carbocycles. The molecule has 25 heavy (non-hydrogen) atoms. The number of aromatic nitrogens is 1. The summed E-state index contributed by atoms with van der Waals surface area (Å²) in [5, 5.41) is 8.09. The second-order valence-electron chi connectivity index (χ2n) is 5.72. The summed E-state index contributed by atoms with van der Waals surface area (Å²) in [6.45, 7) is 4.50. The third-order valence-electron chi connectivity index (χ3n) is 3.86. The summed E-state index contributed by atoms with van der Waals surface area (Å²) in [6, 6.07) is 15.8. The van der Waals surface area contributed by atoms with Crippen molar-refractivity contribution in [1.82, 2.24) is 5.16 Å². The van der Waals surface area contributed by atoms with Crippen molar-refractivity contribution in [3.05, 3.63) is 82.7 Å². The molecule has 0 saturated carbocycles. The quantitative estimate of drug-likeness (QED) is 0.498. The first kappa shape index (κ1) is 16.8. The molecular weight excluding hydrogens is 316 g/mol. The zero-order chi connectivity index (χ0) is 17.6. The maximum absolute atomic E-state index is 6.05. The van der Waals surface area contributed by atoms with E-state index in [1.807, 2.05) is 44.2 Å². The zero-order valence-electron chi connectivity index (χ0n) is 14.5. The minimum absolute atomic E-state index is 0.418. The van der Waals surface area contributed by atoms with Crippen LogP contribution in [0.15, 0.2) is 64.5 Å². The van der Waals surface area contributed by atoms with Crippen molar-refractivity contribution in [2.75, 3.05) is 7.11 Å². The Bertz CT molecular complexity index is 870. The molecule has 3 aromatic rings. The average molecular weight is 336 g/mol. The highest BCUT2D eigenvalue weighted by Gasteiger charge is 2.15. The molecule has 0 fully saturated rings. The highest BCUT2D eigenvalue weighted by Crippen LogP contribution is 2.22. The van der Waals surface area contributed by atoms with Crippen LogP contribution in [0.5, 0.6) is 5.75 Å². The van der Waals surface area contributed by atoms with Gasteiger partial charge in [-0.05, 0) is 36.6 Å². The van der Waals surface area contributed by atoms with Crippen molar-refractivity contribution in [3.8, 4) is 5.75 Å². The van der Waals surface area contributed by atoms with E-state index in [9.17, 15) is 0 Å². The SMILES string of the molecule is CON=C(c1ccon1)c1ccccc1COc1cc(C)ccc1C. The average Bonchev–Trinajstić information content (AvgIpc) is 3.15. The Morgan fingerprint density at radius 1 is 1.12 bits per heavy atom. The number of hydrogen-bond acceptors (Lipinski definition) is 5. The van der Waals surface area contributed by atoms with E-state index in [1.165, 1.54) is 13.4 Å². The molecular formula is C20H20N2O3. The zero-order valence-corrected chi connectivity index (χ0v) is 14.5. The standard InChI is InChI=1S/C20H20N2O3/c1-14-8-9-15(2)19(12-14)24-13-16-6-4-5-7-17(16)20(22-23-3)18-10-11-25-21-18/h4-12H,13H2,1-3H3.